The number of aliphatic hydroxyl groups excluding tert-OH is 1. The van der Waals surface area contributed by atoms with Gasteiger partial charge >= 0.3 is 0 Å². The van der Waals surface area contributed by atoms with Crippen LogP contribution in [0.4, 0.5) is 0 Å². The van der Waals surface area contributed by atoms with E-state index in [2.05, 4.69) is 22.4 Å². The molecular weight excluding hydrogens is 284 g/mol. The average molecular weight is 302 g/mol. The van der Waals surface area contributed by atoms with Crippen LogP contribution in [0.3, 0.4) is 0 Å². The molecule has 1 aromatic heterocycles. The van der Waals surface area contributed by atoms with Crippen LogP contribution in [0.5, 0.6) is 5.75 Å². The van der Waals surface area contributed by atoms with Crippen LogP contribution in [-0.2, 0) is 6.54 Å². The smallest absolute Gasteiger partial charge is 0.120 e. The van der Waals surface area contributed by atoms with Crippen LogP contribution >= 0.6 is 11.3 Å². The molecule has 0 bridgehead atoms. The molecule has 5 heteroatoms. The summed E-state index contributed by atoms with van der Waals surface area (Å²) in [5.41, 5.74) is 1.80. The molecule has 4 nitrogen and oxygen atoms in total. The second-order valence-electron chi connectivity index (χ2n) is 4.93. The SMILES string of the molecule is CN(Cc1ccsc1)CC(O)COc1cccc(C#N)c1. The number of hydrogen-bond acceptors (Lipinski definition) is 5. The van der Waals surface area contributed by atoms with Crippen LogP contribution in [-0.4, -0.2) is 36.3 Å². The van der Waals surface area contributed by atoms with Gasteiger partial charge in [0, 0.05) is 13.1 Å². The molecule has 2 aromatic rings. The first-order valence-corrected chi connectivity index (χ1v) is 7.62. The Hall–Kier alpha value is -1.87. The number of nitrogens with zero attached hydrogens (tertiary/aromatic N) is 2. The van der Waals surface area contributed by atoms with E-state index in [9.17, 15) is 5.11 Å². The number of nitriles is 1. The summed E-state index contributed by atoms with van der Waals surface area (Å²) in [6, 6.07) is 11.1. The number of aliphatic hydroxyl groups is 1. The van der Waals surface area contributed by atoms with Crippen LogP contribution in [0, 0.1) is 11.3 Å². The molecule has 0 spiro atoms. The number of benzene rings is 1. The number of hydrogen-bond donors (Lipinski definition) is 1. The lowest BCUT2D eigenvalue weighted by atomic mass is 10.2. The lowest BCUT2D eigenvalue weighted by molar-refractivity contribution is 0.0744. The lowest BCUT2D eigenvalue weighted by Crippen LogP contribution is -2.32. The van der Waals surface area contributed by atoms with Crippen LogP contribution in [0.25, 0.3) is 0 Å². The van der Waals surface area contributed by atoms with Gasteiger partial charge in [0.15, 0.2) is 0 Å². The molecule has 1 aromatic carbocycles. The van der Waals surface area contributed by atoms with Crippen molar-refractivity contribution in [3.63, 3.8) is 0 Å². The first-order valence-electron chi connectivity index (χ1n) is 6.68. The highest BCUT2D eigenvalue weighted by atomic mass is 32.1. The molecule has 0 amide bonds. The normalized spacial score (nSPS) is 12.1. The minimum atomic E-state index is -0.570. The zero-order chi connectivity index (χ0) is 15.1. The van der Waals surface area contributed by atoms with Crippen molar-refractivity contribution in [2.45, 2.75) is 12.6 Å². The Bertz CT molecular complexity index is 593. The van der Waals surface area contributed by atoms with E-state index in [1.165, 1.54) is 5.56 Å². The van der Waals surface area contributed by atoms with Gasteiger partial charge in [-0.25, -0.2) is 0 Å². The number of thiophene rings is 1. The molecule has 1 unspecified atom stereocenters. The molecule has 0 aliphatic heterocycles. The highest BCUT2D eigenvalue weighted by Gasteiger charge is 2.10. The number of likely N-dealkylation sites (N-methyl/N-ethyl adjacent to an activating group) is 1. The molecule has 21 heavy (non-hydrogen) atoms. The summed E-state index contributed by atoms with van der Waals surface area (Å²) >= 11 is 1.67. The first-order chi connectivity index (χ1) is 10.2. The predicted molar refractivity (Wildman–Crippen MR) is 83.3 cm³/mol. The summed E-state index contributed by atoms with van der Waals surface area (Å²) in [6.45, 7) is 1.56. The van der Waals surface area contributed by atoms with Crippen molar-refractivity contribution in [2.24, 2.45) is 0 Å². The van der Waals surface area contributed by atoms with Gasteiger partial charge in [-0.1, -0.05) is 6.07 Å². The van der Waals surface area contributed by atoms with E-state index in [4.69, 9.17) is 10.00 Å². The van der Waals surface area contributed by atoms with Gasteiger partial charge in [-0.05, 0) is 47.6 Å². The maximum atomic E-state index is 10.0. The minimum Gasteiger partial charge on any atom is -0.491 e. The molecule has 0 saturated carbocycles. The quantitative estimate of drug-likeness (QED) is 0.854. The zero-order valence-electron chi connectivity index (χ0n) is 11.9. The van der Waals surface area contributed by atoms with Crippen LogP contribution < -0.4 is 4.74 Å². The number of rotatable bonds is 7. The van der Waals surface area contributed by atoms with Gasteiger partial charge in [-0.3, -0.25) is 4.90 Å². The van der Waals surface area contributed by atoms with E-state index in [0.29, 0.717) is 17.9 Å². The van der Waals surface area contributed by atoms with Gasteiger partial charge in [0.25, 0.3) is 0 Å². The van der Waals surface area contributed by atoms with E-state index in [0.717, 1.165) is 6.54 Å². The molecule has 0 aliphatic carbocycles. The molecule has 1 N–H and O–H groups in total. The maximum Gasteiger partial charge on any atom is 0.120 e. The Morgan fingerprint density at radius 3 is 3.00 bits per heavy atom. The summed E-state index contributed by atoms with van der Waals surface area (Å²) in [7, 11) is 1.97. The van der Waals surface area contributed by atoms with Crippen molar-refractivity contribution in [1.29, 1.82) is 5.26 Å². The Morgan fingerprint density at radius 2 is 2.29 bits per heavy atom. The summed E-state index contributed by atoms with van der Waals surface area (Å²) in [4.78, 5) is 2.06. The van der Waals surface area contributed by atoms with Crippen molar-refractivity contribution in [1.82, 2.24) is 4.90 Å². The summed E-state index contributed by atoms with van der Waals surface area (Å²) in [6.07, 6.45) is -0.570. The lowest BCUT2D eigenvalue weighted by Gasteiger charge is -2.20. The zero-order valence-corrected chi connectivity index (χ0v) is 12.7. The highest BCUT2D eigenvalue weighted by Crippen LogP contribution is 2.13. The van der Waals surface area contributed by atoms with Crippen molar-refractivity contribution < 1.29 is 9.84 Å². The van der Waals surface area contributed by atoms with Crippen LogP contribution in [0.2, 0.25) is 0 Å². The largest absolute Gasteiger partial charge is 0.491 e. The van der Waals surface area contributed by atoms with Gasteiger partial charge in [0.05, 0.1) is 11.6 Å². The average Bonchev–Trinajstić information content (AvgIpc) is 2.98. The van der Waals surface area contributed by atoms with Crippen LogP contribution in [0.1, 0.15) is 11.1 Å². The van der Waals surface area contributed by atoms with Crippen molar-refractivity contribution in [3.05, 3.63) is 52.2 Å². The second-order valence-corrected chi connectivity index (χ2v) is 5.71. The van der Waals surface area contributed by atoms with Gasteiger partial charge in [-0.15, -0.1) is 0 Å². The third kappa shape index (κ3) is 5.20. The molecule has 1 atom stereocenters. The fourth-order valence-electron chi connectivity index (χ4n) is 2.02. The van der Waals surface area contributed by atoms with E-state index in [-0.39, 0.29) is 6.61 Å². The van der Waals surface area contributed by atoms with Gasteiger partial charge in [0.2, 0.25) is 0 Å². The molecule has 0 radical (unpaired) electrons. The summed E-state index contributed by atoms with van der Waals surface area (Å²) < 4.78 is 5.52. The number of ether oxygens (including phenoxy) is 1. The topological polar surface area (TPSA) is 56.5 Å². The predicted octanol–water partition coefficient (Wildman–Crippen LogP) is 2.49. The van der Waals surface area contributed by atoms with Crippen molar-refractivity contribution in [2.75, 3.05) is 20.2 Å². The second kappa shape index (κ2) is 7.79. The van der Waals surface area contributed by atoms with E-state index >= 15 is 0 Å². The first kappa shape index (κ1) is 15.5. The fourth-order valence-corrected chi connectivity index (χ4v) is 2.68. The highest BCUT2D eigenvalue weighted by molar-refractivity contribution is 7.07. The molecular formula is C16H18N2O2S. The van der Waals surface area contributed by atoms with Gasteiger partial charge < -0.3 is 9.84 Å². The minimum absolute atomic E-state index is 0.211. The van der Waals surface area contributed by atoms with Crippen molar-refractivity contribution in [3.8, 4) is 11.8 Å². The molecule has 0 aliphatic rings. The molecule has 1 heterocycles. The monoisotopic (exact) mass is 302 g/mol. The third-order valence-electron chi connectivity index (χ3n) is 2.96. The van der Waals surface area contributed by atoms with Gasteiger partial charge in [0.1, 0.15) is 18.5 Å². The molecule has 110 valence electrons. The Balaban J connectivity index is 1.76. The van der Waals surface area contributed by atoms with Gasteiger partial charge in [-0.2, -0.15) is 16.6 Å². The summed E-state index contributed by atoms with van der Waals surface area (Å²) in [5, 5.41) is 23.0. The molecule has 2 rings (SSSR count). The fraction of sp³-hybridized carbons (Fsp3) is 0.312. The van der Waals surface area contributed by atoms with Crippen LogP contribution in [0.15, 0.2) is 41.1 Å². The Morgan fingerprint density at radius 1 is 1.43 bits per heavy atom. The Labute approximate surface area is 128 Å². The standard InChI is InChI=1S/C16H18N2O2S/c1-18(9-14-5-6-21-12-14)10-15(19)11-20-16-4-2-3-13(7-16)8-17/h2-7,12,15,19H,9-11H2,1H3. The molecule has 0 saturated heterocycles. The molecule has 0 fully saturated rings. The Kier molecular flexibility index (Phi) is 5.76. The third-order valence-corrected chi connectivity index (χ3v) is 3.69. The van der Waals surface area contributed by atoms with E-state index in [1.54, 1.807) is 35.6 Å². The van der Waals surface area contributed by atoms with E-state index < -0.39 is 6.10 Å². The maximum absolute atomic E-state index is 10.0. The van der Waals surface area contributed by atoms with E-state index in [1.807, 2.05) is 12.4 Å². The van der Waals surface area contributed by atoms with Crippen molar-refractivity contribution >= 4 is 11.3 Å². The summed E-state index contributed by atoms with van der Waals surface area (Å²) in [5.74, 6) is 0.605.